The number of aliphatic hydroxyl groups excluding tert-OH is 1. The molecule has 1 saturated heterocycles. The maximum atomic E-state index is 13.3. The first-order valence-electron chi connectivity index (χ1n) is 9.64. The highest BCUT2D eigenvalue weighted by Gasteiger charge is 2.45. The van der Waals surface area contributed by atoms with E-state index in [2.05, 4.69) is 0 Å². The van der Waals surface area contributed by atoms with Gasteiger partial charge in [-0.3, -0.25) is 9.59 Å². The van der Waals surface area contributed by atoms with Crippen LogP contribution in [0.5, 0.6) is 5.75 Å². The van der Waals surface area contributed by atoms with E-state index in [0.29, 0.717) is 24.3 Å². The lowest BCUT2D eigenvalue weighted by molar-refractivity contribution is -0.139. The fraction of sp³-hybridized carbons (Fsp3) is 0.304. The maximum Gasteiger partial charge on any atom is 0.295 e. The molecule has 1 N–H and O–H groups in total. The molecule has 1 fully saturated rings. The Morgan fingerprint density at radius 1 is 1.17 bits per heavy atom. The topological polar surface area (TPSA) is 66.8 Å². The van der Waals surface area contributed by atoms with Crippen LogP contribution in [0.4, 0.5) is 4.39 Å². The van der Waals surface area contributed by atoms with Crippen molar-refractivity contribution in [2.75, 3.05) is 6.54 Å². The van der Waals surface area contributed by atoms with Crippen LogP contribution in [0.2, 0.25) is 0 Å². The molecule has 1 aliphatic rings. The van der Waals surface area contributed by atoms with Crippen LogP contribution in [0.3, 0.4) is 0 Å². The van der Waals surface area contributed by atoms with Crippen molar-refractivity contribution in [1.82, 2.24) is 4.90 Å². The third kappa shape index (κ3) is 4.16. The van der Waals surface area contributed by atoms with E-state index in [-0.39, 0.29) is 23.0 Å². The van der Waals surface area contributed by atoms with Gasteiger partial charge in [-0.15, -0.1) is 0 Å². The minimum Gasteiger partial charge on any atom is -0.507 e. The summed E-state index contributed by atoms with van der Waals surface area (Å²) in [6.45, 7) is 6.09. The lowest BCUT2D eigenvalue weighted by atomic mass is 9.95. The summed E-state index contributed by atoms with van der Waals surface area (Å²) in [5, 5.41) is 10.9. The van der Waals surface area contributed by atoms with Gasteiger partial charge in [-0.2, -0.15) is 0 Å². The van der Waals surface area contributed by atoms with Crippen LogP contribution in [0.15, 0.2) is 54.1 Å². The van der Waals surface area contributed by atoms with E-state index in [9.17, 15) is 19.1 Å². The van der Waals surface area contributed by atoms with Crippen LogP contribution in [0.25, 0.3) is 5.76 Å². The number of rotatable bonds is 6. The number of hydrogen-bond donors (Lipinski definition) is 1. The number of carbonyl (C=O) groups is 2. The van der Waals surface area contributed by atoms with Crippen LogP contribution >= 0.6 is 0 Å². The molecular weight excluding hydrogens is 373 g/mol. The number of ketones is 1. The first-order valence-corrected chi connectivity index (χ1v) is 9.64. The Kier molecular flexibility index (Phi) is 6.01. The quantitative estimate of drug-likeness (QED) is 0.444. The standard InChI is InChI=1S/C23H24FNO4/c1-4-12-25-20(16-6-5-7-18(13-16)29-14(2)3)19(22(27)23(25)28)21(26)15-8-10-17(24)11-9-15/h5-11,13-14,20,26H,4,12H2,1-3H3/b21-19-. The Morgan fingerprint density at radius 3 is 2.48 bits per heavy atom. The third-order valence-corrected chi connectivity index (χ3v) is 4.67. The number of benzene rings is 2. The molecule has 6 heteroatoms. The van der Waals surface area contributed by atoms with Gasteiger partial charge >= 0.3 is 0 Å². The predicted octanol–water partition coefficient (Wildman–Crippen LogP) is 4.44. The highest BCUT2D eigenvalue weighted by molar-refractivity contribution is 6.46. The van der Waals surface area contributed by atoms with Gasteiger partial charge < -0.3 is 14.7 Å². The second-order valence-corrected chi connectivity index (χ2v) is 7.24. The highest BCUT2D eigenvalue weighted by Crippen LogP contribution is 2.40. The van der Waals surface area contributed by atoms with E-state index >= 15 is 0 Å². The molecule has 3 rings (SSSR count). The normalized spacial score (nSPS) is 18.5. The molecule has 29 heavy (non-hydrogen) atoms. The van der Waals surface area contributed by atoms with E-state index in [4.69, 9.17) is 4.74 Å². The second kappa shape index (κ2) is 8.47. The van der Waals surface area contributed by atoms with Gasteiger partial charge in [0.15, 0.2) is 0 Å². The van der Waals surface area contributed by atoms with Crippen molar-refractivity contribution in [3.05, 3.63) is 71.0 Å². The summed E-state index contributed by atoms with van der Waals surface area (Å²) >= 11 is 0. The third-order valence-electron chi connectivity index (χ3n) is 4.67. The Morgan fingerprint density at radius 2 is 1.86 bits per heavy atom. The van der Waals surface area contributed by atoms with Gasteiger partial charge in [0, 0.05) is 12.1 Å². The fourth-order valence-corrected chi connectivity index (χ4v) is 3.49. The van der Waals surface area contributed by atoms with E-state index in [1.54, 1.807) is 24.3 Å². The summed E-state index contributed by atoms with van der Waals surface area (Å²) in [6, 6.07) is 11.6. The van der Waals surface area contributed by atoms with E-state index in [1.165, 1.54) is 29.2 Å². The maximum absolute atomic E-state index is 13.3. The number of nitrogens with zero attached hydrogens (tertiary/aromatic N) is 1. The Balaban J connectivity index is 2.15. The van der Waals surface area contributed by atoms with Gasteiger partial charge in [-0.1, -0.05) is 19.1 Å². The van der Waals surface area contributed by atoms with Crippen molar-refractivity contribution in [2.45, 2.75) is 39.3 Å². The lowest BCUT2D eigenvalue weighted by Crippen LogP contribution is -2.30. The average molecular weight is 397 g/mol. The Hall–Kier alpha value is -3.15. The first-order chi connectivity index (χ1) is 13.8. The molecule has 1 unspecified atom stereocenters. The largest absolute Gasteiger partial charge is 0.507 e. The van der Waals surface area contributed by atoms with Crippen molar-refractivity contribution in [3.63, 3.8) is 0 Å². The number of amides is 1. The molecule has 0 spiro atoms. The zero-order valence-electron chi connectivity index (χ0n) is 16.7. The van der Waals surface area contributed by atoms with E-state index in [0.717, 1.165) is 0 Å². The van der Waals surface area contributed by atoms with Crippen molar-refractivity contribution in [3.8, 4) is 5.75 Å². The molecule has 2 aromatic carbocycles. The lowest BCUT2D eigenvalue weighted by Gasteiger charge is -2.25. The van der Waals surface area contributed by atoms with Gasteiger partial charge in [-0.25, -0.2) is 4.39 Å². The number of Topliss-reactive ketones (excluding diaryl/α,β-unsaturated/α-hetero) is 1. The predicted molar refractivity (Wildman–Crippen MR) is 108 cm³/mol. The van der Waals surface area contributed by atoms with Crippen LogP contribution in [0, 0.1) is 5.82 Å². The van der Waals surface area contributed by atoms with Crippen LogP contribution in [0.1, 0.15) is 44.4 Å². The first kappa shape index (κ1) is 20.6. The van der Waals surface area contributed by atoms with Crippen molar-refractivity contribution in [2.24, 2.45) is 0 Å². The van der Waals surface area contributed by atoms with Crippen molar-refractivity contribution >= 4 is 17.4 Å². The summed E-state index contributed by atoms with van der Waals surface area (Å²) in [7, 11) is 0. The molecule has 1 aliphatic heterocycles. The van der Waals surface area contributed by atoms with E-state index in [1.807, 2.05) is 20.8 Å². The Labute approximate surface area is 169 Å². The summed E-state index contributed by atoms with van der Waals surface area (Å²) in [6.07, 6.45) is 0.619. The van der Waals surface area contributed by atoms with Crippen molar-refractivity contribution in [1.29, 1.82) is 0 Å². The summed E-state index contributed by atoms with van der Waals surface area (Å²) in [5.41, 5.74) is 0.941. The number of ether oxygens (including phenoxy) is 1. The van der Waals surface area contributed by atoms with Crippen LogP contribution in [-0.2, 0) is 9.59 Å². The molecule has 2 aromatic rings. The Bertz CT molecular complexity index is 950. The van der Waals surface area contributed by atoms with Crippen LogP contribution in [-0.4, -0.2) is 34.3 Å². The number of likely N-dealkylation sites (tertiary alicyclic amines) is 1. The smallest absolute Gasteiger partial charge is 0.295 e. The molecule has 0 saturated carbocycles. The molecule has 0 radical (unpaired) electrons. The molecular formula is C23H24FNO4. The molecule has 0 aromatic heterocycles. The number of carbonyl (C=O) groups excluding carboxylic acids is 2. The van der Waals surface area contributed by atoms with Gasteiger partial charge in [0.05, 0.1) is 17.7 Å². The minimum absolute atomic E-state index is 0.00300. The molecule has 0 aliphatic carbocycles. The van der Waals surface area contributed by atoms with Crippen LogP contribution < -0.4 is 4.74 Å². The SMILES string of the molecule is CCCN1C(=O)C(=O)/C(=C(\O)c2ccc(F)cc2)C1c1cccc(OC(C)C)c1. The monoisotopic (exact) mass is 397 g/mol. The average Bonchev–Trinajstić information content (AvgIpc) is 2.93. The van der Waals surface area contributed by atoms with Crippen molar-refractivity contribution < 1.29 is 23.8 Å². The zero-order chi connectivity index (χ0) is 21.1. The summed E-state index contributed by atoms with van der Waals surface area (Å²) in [4.78, 5) is 27.0. The van der Waals surface area contributed by atoms with E-state index < -0.39 is 23.5 Å². The summed E-state index contributed by atoms with van der Waals surface area (Å²) < 4.78 is 19.0. The van der Waals surface area contributed by atoms with Gasteiger partial charge in [0.1, 0.15) is 17.3 Å². The highest BCUT2D eigenvalue weighted by atomic mass is 19.1. The number of aliphatic hydroxyl groups is 1. The molecule has 5 nitrogen and oxygen atoms in total. The molecule has 1 atom stereocenters. The number of halogens is 1. The molecule has 1 amide bonds. The molecule has 152 valence electrons. The second-order valence-electron chi connectivity index (χ2n) is 7.24. The zero-order valence-corrected chi connectivity index (χ0v) is 16.7. The summed E-state index contributed by atoms with van der Waals surface area (Å²) in [5.74, 6) is -1.57. The van der Waals surface area contributed by atoms with Gasteiger partial charge in [-0.05, 0) is 62.2 Å². The molecule has 0 bridgehead atoms. The molecule has 1 heterocycles. The minimum atomic E-state index is -0.750. The van der Waals surface area contributed by atoms with Gasteiger partial charge in [0.2, 0.25) is 0 Å². The van der Waals surface area contributed by atoms with Gasteiger partial charge in [0.25, 0.3) is 11.7 Å². The fourth-order valence-electron chi connectivity index (χ4n) is 3.49. The number of hydrogen-bond acceptors (Lipinski definition) is 4.